The molecule has 114 valence electrons. The number of cyclic esters (lactones) is 1. The quantitative estimate of drug-likeness (QED) is 0.812. The van der Waals surface area contributed by atoms with E-state index in [1.54, 1.807) is 0 Å². The van der Waals surface area contributed by atoms with Gasteiger partial charge in [-0.25, -0.2) is 9.67 Å². The topological polar surface area (TPSA) is 57.0 Å². The largest absolute Gasteiger partial charge is 0.462 e. The molecule has 0 bridgehead atoms. The molecule has 6 heteroatoms. The predicted molar refractivity (Wildman–Crippen MR) is 83.2 cm³/mol. The van der Waals surface area contributed by atoms with Gasteiger partial charge in [-0.3, -0.25) is 4.79 Å². The van der Waals surface area contributed by atoms with Crippen LogP contribution in [0, 0.1) is 0 Å². The molecule has 1 saturated carbocycles. The zero-order valence-electron chi connectivity index (χ0n) is 12.3. The van der Waals surface area contributed by atoms with Gasteiger partial charge in [0.25, 0.3) is 0 Å². The second-order valence-corrected chi connectivity index (χ2v) is 7.03. The molecule has 2 aromatic rings. The molecule has 1 aliphatic carbocycles. The zero-order valence-corrected chi connectivity index (χ0v) is 13.1. The monoisotopic (exact) mass is 315 g/mol. The maximum Gasteiger partial charge on any atom is 0.319 e. The van der Waals surface area contributed by atoms with Crippen LogP contribution < -0.4 is 0 Å². The number of para-hydroxylation sites is 1. The van der Waals surface area contributed by atoms with Crippen molar-refractivity contribution in [2.24, 2.45) is 0 Å². The Morgan fingerprint density at radius 3 is 2.68 bits per heavy atom. The molecule has 0 unspecified atom stereocenters. The Balaban J connectivity index is 1.63. The highest BCUT2D eigenvalue weighted by atomic mass is 32.2. The number of nitrogens with zero attached hydrogens (tertiary/aromatic N) is 3. The van der Waals surface area contributed by atoms with Crippen molar-refractivity contribution in [2.45, 2.75) is 48.6 Å². The Hall–Kier alpha value is -1.82. The molecule has 1 saturated heterocycles. The first-order valence-corrected chi connectivity index (χ1v) is 8.48. The van der Waals surface area contributed by atoms with E-state index in [0.717, 1.165) is 30.8 Å². The van der Waals surface area contributed by atoms with Crippen LogP contribution in [0.1, 0.15) is 37.9 Å². The third kappa shape index (κ3) is 2.63. The molecule has 0 amide bonds. The van der Waals surface area contributed by atoms with E-state index >= 15 is 0 Å². The second-order valence-electron chi connectivity index (χ2n) is 5.86. The number of hydrogen-bond donors (Lipinski definition) is 0. The third-order valence-corrected chi connectivity index (χ3v) is 4.98. The van der Waals surface area contributed by atoms with Crippen LogP contribution in [0.3, 0.4) is 0 Å². The molecule has 2 heterocycles. The van der Waals surface area contributed by atoms with Gasteiger partial charge in [-0.05, 0) is 31.9 Å². The minimum Gasteiger partial charge on any atom is -0.462 e. The van der Waals surface area contributed by atoms with Crippen molar-refractivity contribution >= 4 is 17.7 Å². The summed E-state index contributed by atoms with van der Waals surface area (Å²) in [6, 6.07) is 10.0. The highest BCUT2D eigenvalue weighted by Gasteiger charge is 2.35. The number of aromatic nitrogens is 3. The van der Waals surface area contributed by atoms with Crippen LogP contribution in [-0.4, -0.2) is 32.1 Å². The fourth-order valence-electron chi connectivity index (χ4n) is 2.66. The van der Waals surface area contributed by atoms with Crippen molar-refractivity contribution in [3.8, 4) is 5.69 Å². The van der Waals surface area contributed by atoms with E-state index in [1.165, 1.54) is 11.8 Å². The van der Waals surface area contributed by atoms with Crippen LogP contribution in [0.15, 0.2) is 35.5 Å². The minimum atomic E-state index is -0.186. The Morgan fingerprint density at radius 2 is 2.05 bits per heavy atom. The van der Waals surface area contributed by atoms with Crippen LogP contribution in [0.4, 0.5) is 0 Å². The van der Waals surface area contributed by atoms with E-state index in [4.69, 9.17) is 4.74 Å². The average molecular weight is 315 g/mol. The maximum atomic E-state index is 11.8. The SMILES string of the molecule is C[C@H]1C[C@H](Sc2nc(C3CC3)n(-c3ccccc3)n2)C(=O)O1. The normalized spacial score (nSPS) is 24.5. The molecule has 2 aliphatic rings. The smallest absolute Gasteiger partial charge is 0.319 e. The summed E-state index contributed by atoms with van der Waals surface area (Å²) in [6.07, 6.45) is 3.04. The molecule has 2 atom stereocenters. The minimum absolute atomic E-state index is 0.0101. The van der Waals surface area contributed by atoms with Gasteiger partial charge >= 0.3 is 5.97 Å². The lowest BCUT2D eigenvalue weighted by atomic mass is 10.3. The van der Waals surface area contributed by atoms with Gasteiger partial charge in [0.05, 0.1) is 5.69 Å². The Kier molecular flexibility index (Phi) is 3.41. The van der Waals surface area contributed by atoms with Gasteiger partial charge in [0.2, 0.25) is 5.16 Å². The Labute approximate surface area is 133 Å². The highest BCUT2D eigenvalue weighted by Crippen LogP contribution is 2.41. The molecular weight excluding hydrogens is 298 g/mol. The predicted octanol–water partition coefficient (Wildman–Crippen LogP) is 2.94. The van der Waals surface area contributed by atoms with Crippen molar-refractivity contribution in [3.05, 3.63) is 36.2 Å². The van der Waals surface area contributed by atoms with Crippen LogP contribution in [0.2, 0.25) is 0 Å². The van der Waals surface area contributed by atoms with Crippen LogP contribution in [0.25, 0.3) is 5.69 Å². The van der Waals surface area contributed by atoms with E-state index in [2.05, 4.69) is 10.1 Å². The molecule has 0 N–H and O–H groups in total. The van der Waals surface area contributed by atoms with Gasteiger partial charge in [0, 0.05) is 12.3 Å². The number of thioether (sulfide) groups is 1. The molecule has 22 heavy (non-hydrogen) atoms. The highest BCUT2D eigenvalue weighted by molar-refractivity contribution is 8.00. The molecule has 4 rings (SSSR count). The lowest BCUT2D eigenvalue weighted by molar-refractivity contribution is -0.140. The molecule has 5 nitrogen and oxygen atoms in total. The fourth-order valence-corrected chi connectivity index (χ4v) is 3.71. The summed E-state index contributed by atoms with van der Waals surface area (Å²) in [6.45, 7) is 1.92. The number of rotatable bonds is 4. The molecule has 1 aromatic heterocycles. The molecule has 1 aliphatic heterocycles. The van der Waals surface area contributed by atoms with Crippen molar-refractivity contribution in [3.63, 3.8) is 0 Å². The molecule has 0 spiro atoms. The maximum absolute atomic E-state index is 11.8. The summed E-state index contributed by atoms with van der Waals surface area (Å²) in [5.74, 6) is 1.35. The summed E-state index contributed by atoms with van der Waals surface area (Å²) in [5, 5.41) is 5.11. The lowest BCUT2D eigenvalue weighted by Crippen LogP contribution is -2.09. The third-order valence-electron chi connectivity index (χ3n) is 3.93. The zero-order chi connectivity index (χ0) is 15.1. The molecular formula is C16H17N3O2S. The van der Waals surface area contributed by atoms with Gasteiger partial charge < -0.3 is 4.74 Å². The van der Waals surface area contributed by atoms with Crippen molar-refractivity contribution in [1.82, 2.24) is 14.8 Å². The average Bonchev–Trinajstić information content (AvgIpc) is 3.20. The first kappa shape index (κ1) is 13.8. The van der Waals surface area contributed by atoms with E-state index in [-0.39, 0.29) is 17.3 Å². The second kappa shape index (κ2) is 5.43. The Morgan fingerprint density at radius 1 is 1.27 bits per heavy atom. The standard InChI is InChI=1S/C16H17N3O2S/c1-10-9-13(15(20)21-10)22-16-17-14(11-7-8-11)19(18-16)12-5-3-2-4-6-12/h2-6,10-11,13H,7-9H2,1H3/t10-,13-/m0/s1. The van der Waals surface area contributed by atoms with Crippen LogP contribution in [0.5, 0.6) is 0 Å². The van der Waals surface area contributed by atoms with E-state index in [9.17, 15) is 4.79 Å². The van der Waals surface area contributed by atoms with Gasteiger partial charge in [-0.2, -0.15) is 0 Å². The van der Waals surface area contributed by atoms with Gasteiger partial charge in [-0.1, -0.05) is 30.0 Å². The molecule has 1 aromatic carbocycles. The molecule has 0 radical (unpaired) electrons. The lowest BCUT2D eigenvalue weighted by Gasteiger charge is -2.03. The van der Waals surface area contributed by atoms with Crippen molar-refractivity contribution in [1.29, 1.82) is 0 Å². The summed E-state index contributed by atoms with van der Waals surface area (Å²) in [4.78, 5) is 16.5. The van der Waals surface area contributed by atoms with E-state index < -0.39 is 0 Å². The number of carbonyl (C=O) groups is 1. The van der Waals surface area contributed by atoms with Crippen LogP contribution >= 0.6 is 11.8 Å². The summed E-state index contributed by atoms with van der Waals surface area (Å²) < 4.78 is 7.13. The van der Waals surface area contributed by atoms with E-state index in [0.29, 0.717) is 11.1 Å². The number of ether oxygens (including phenoxy) is 1. The first-order valence-electron chi connectivity index (χ1n) is 7.60. The number of carbonyl (C=O) groups excluding carboxylic acids is 1. The number of hydrogen-bond acceptors (Lipinski definition) is 5. The van der Waals surface area contributed by atoms with Crippen LogP contribution in [-0.2, 0) is 9.53 Å². The Bertz CT molecular complexity index is 697. The summed E-state index contributed by atoms with van der Waals surface area (Å²) in [7, 11) is 0. The van der Waals surface area contributed by atoms with Crippen molar-refractivity contribution in [2.75, 3.05) is 0 Å². The number of esters is 1. The summed E-state index contributed by atoms with van der Waals surface area (Å²) in [5.41, 5.74) is 1.02. The summed E-state index contributed by atoms with van der Waals surface area (Å²) >= 11 is 1.42. The van der Waals surface area contributed by atoms with Gasteiger partial charge in [-0.15, -0.1) is 5.10 Å². The van der Waals surface area contributed by atoms with Gasteiger partial charge in [0.15, 0.2) is 0 Å². The van der Waals surface area contributed by atoms with Gasteiger partial charge in [0.1, 0.15) is 17.2 Å². The first-order chi connectivity index (χ1) is 10.7. The number of benzene rings is 1. The molecule has 2 fully saturated rings. The van der Waals surface area contributed by atoms with Crippen molar-refractivity contribution < 1.29 is 9.53 Å². The van der Waals surface area contributed by atoms with E-state index in [1.807, 2.05) is 41.9 Å². The fraction of sp³-hybridized carbons (Fsp3) is 0.438.